The van der Waals surface area contributed by atoms with Gasteiger partial charge >= 0.3 is 5.97 Å². The normalized spacial score (nSPS) is 38.9. The van der Waals surface area contributed by atoms with E-state index in [-0.39, 0.29) is 5.41 Å². The molecule has 1 N–H and O–H groups in total. The monoisotopic (exact) mass is 318 g/mol. The highest BCUT2D eigenvalue weighted by Gasteiger charge is 2.53. The minimum Gasteiger partial charge on any atom is -0.481 e. The third-order valence-corrected chi connectivity index (χ3v) is 6.87. The van der Waals surface area contributed by atoms with Crippen LogP contribution >= 0.6 is 0 Å². The average molecular weight is 319 g/mol. The summed E-state index contributed by atoms with van der Waals surface area (Å²) < 4.78 is 0. The third kappa shape index (κ3) is 3.89. The van der Waals surface area contributed by atoms with E-state index in [1.54, 1.807) is 0 Å². The molecule has 130 valence electrons. The number of aliphatic carboxylic acids is 1. The zero-order valence-corrected chi connectivity index (χ0v) is 15.2. The molecule has 2 heteroatoms. The van der Waals surface area contributed by atoms with E-state index in [1.807, 2.05) is 6.08 Å². The van der Waals surface area contributed by atoms with Crippen molar-refractivity contribution in [2.45, 2.75) is 72.1 Å². The second kappa shape index (κ2) is 7.23. The Bertz CT molecular complexity index is 466. The average Bonchev–Trinajstić information content (AvgIpc) is 2.47. The van der Waals surface area contributed by atoms with Crippen molar-refractivity contribution in [1.29, 1.82) is 0 Å². The fraction of sp³-hybridized carbons (Fsp3) is 0.762. The Balaban J connectivity index is 2.16. The zero-order chi connectivity index (χ0) is 17.1. The van der Waals surface area contributed by atoms with E-state index in [2.05, 4.69) is 39.5 Å². The molecule has 0 aliphatic heterocycles. The summed E-state index contributed by atoms with van der Waals surface area (Å²) in [5.41, 5.74) is 0.290. The van der Waals surface area contributed by atoms with E-state index in [4.69, 9.17) is 0 Å². The summed E-state index contributed by atoms with van der Waals surface area (Å²) in [4.78, 5) is 11.4. The molecule has 23 heavy (non-hydrogen) atoms. The number of carbonyl (C=O) groups is 1. The van der Waals surface area contributed by atoms with E-state index >= 15 is 0 Å². The van der Waals surface area contributed by atoms with Crippen LogP contribution in [0.3, 0.4) is 0 Å². The van der Waals surface area contributed by atoms with Crippen molar-refractivity contribution in [3.63, 3.8) is 0 Å². The van der Waals surface area contributed by atoms with Crippen molar-refractivity contribution >= 4 is 5.97 Å². The predicted octanol–water partition coefficient (Wildman–Crippen LogP) is 5.84. The molecule has 2 saturated carbocycles. The van der Waals surface area contributed by atoms with Gasteiger partial charge in [0.15, 0.2) is 0 Å². The van der Waals surface area contributed by atoms with Gasteiger partial charge in [-0.15, -0.1) is 6.58 Å². The molecule has 0 saturated heterocycles. The Hall–Kier alpha value is -1.05. The van der Waals surface area contributed by atoms with Crippen LogP contribution in [0.4, 0.5) is 0 Å². The van der Waals surface area contributed by atoms with E-state index in [0.717, 1.165) is 12.8 Å². The third-order valence-electron chi connectivity index (χ3n) is 6.87. The van der Waals surface area contributed by atoms with E-state index in [1.165, 1.54) is 32.1 Å². The Morgan fingerprint density at radius 2 is 2.04 bits per heavy atom. The van der Waals surface area contributed by atoms with Crippen LogP contribution in [-0.2, 0) is 4.79 Å². The molecule has 0 heterocycles. The quantitative estimate of drug-likeness (QED) is 0.624. The number of hydrogen-bond acceptors (Lipinski definition) is 1. The fourth-order valence-electron chi connectivity index (χ4n) is 5.56. The van der Waals surface area contributed by atoms with Gasteiger partial charge in [0.2, 0.25) is 0 Å². The molecule has 0 amide bonds. The fourth-order valence-corrected chi connectivity index (χ4v) is 5.56. The largest absolute Gasteiger partial charge is 0.481 e. The van der Waals surface area contributed by atoms with Gasteiger partial charge < -0.3 is 5.11 Å². The lowest BCUT2D eigenvalue weighted by Crippen LogP contribution is -2.50. The van der Waals surface area contributed by atoms with Gasteiger partial charge in [0, 0.05) is 0 Å². The van der Waals surface area contributed by atoms with Crippen LogP contribution in [0.2, 0.25) is 0 Å². The molecule has 5 atom stereocenters. The highest BCUT2D eigenvalue weighted by Crippen LogP contribution is 2.61. The lowest BCUT2D eigenvalue weighted by atomic mass is 9.47. The number of allylic oxidation sites excluding steroid dienone is 3. The molecule has 0 aromatic heterocycles. The first kappa shape index (κ1) is 18.3. The van der Waals surface area contributed by atoms with Gasteiger partial charge in [-0.3, -0.25) is 4.79 Å². The molecule has 5 unspecified atom stereocenters. The predicted molar refractivity (Wildman–Crippen MR) is 96.3 cm³/mol. The summed E-state index contributed by atoms with van der Waals surface area (Å²) in [6, 6.07) is 0. The maximum Gasteiger partial charge on any atom is 0.303 e. The summed E-state index contributed by atoms with van der Waals surface area (Å²) in [5.74, 6) is 1.07. The summed E-state index contributed by atoms with van der Waals surface area (Å²) in [7, 11) is 0. The maximum atomic E-state index is 11.4. The molecular weight excluding hydrogens is 284 g/mol. The molecule has 2 nitrogen and oxygen atoms in total. The molecule has 2 aliphatic carbocycles. The maximum absolute atomic E-state index is 11.4. The number of carboxylic acid groups (broad SMARTS) is 1. The molecule has 2 rings (SSSR count). The van der Waals surface area contributed by atoms with Crippen LogP contribution in [0.1, 0.15) is 72.1 Å². The summed E-state index contributed by atoms with van der Waals surface area (Å²) in [6.45, 7) is 10.7. The smallest absolute Gasteiger partial charge is 0.303 e. The van der Waals surface area contributed by atoms with Gasteiger partial charge in [0.05, 0.1) is 6.42 Å². The molecule has 2 fully saturated rings. The molecule has 0 bridgehead atoms. The Labute approximate surface area is 142 Å². The molecular formula is C21H34O2. The number of carboxylic acids is 1. The number of rotatable bonds is 6. The first-order valence-electron chi connectivity index (χ1n) is 9.33. The summed E-state index contributed by atoms with van der Waals surface area (Å²) in [5, 5.41) is 9.38. The minimum atomic E-state index is -0.626. The first-order chi connectivity index (χ1) is 10.8. The Kier molecular flexibility index (Phi) is 5.75. The van der Waals surface area contributed by atoms with Crippen molar-refractivity contribution in [2.75, 3.05) is 0 Å². The Morgan fingerprint density at radius 1 is 1.30 bits per heavy atom. The highest BCUT2D eigenvalue weighted by atomic mass is 16.4. The molecule has 0 aromatic carbocycles. The molecule has 0 aromatic rings. The van der Waals surface area contributed by atoms with Gasteiger partial charge in [-0.25, -0.2) is 0 Å². The van der Waals surface area contributed by atoms with Crippen molar-refractivity contribution < 1.29 is 9.90 Å². The van der Waals surface area contributed by atoms with Crippen molar-refractivity contribution in [2.24, 2.45) is 28.6 Å². The number of fused-ring (bicyclic) bond motifs is 1. The standard InChI is InChI=1S/C21H34O2/c1-5-16(2)9-6-10-17-11-7-12-18-20(3,15-19(22)23)13-8-14-21(17,18)4/h5-6,9,16-18H,1,7-8,10-15H2,2-4H3,(H,22,23). The van der Waals surface area contributed by atoms with Crippen LogP contribution in [0, 0.1) is 28.6 Å². The van der Waals surface area contributed by atoms with Crippen LogP contribution in [0.25, 0.3) is 0 Å². The zero-order valence-electron chi connectivity index (χ0n) is 15.2. The molecule has 2 aliphatic rings. The minimum absolute atomic E-state index is 0.0182. The van der Waals surface area contributed by atoms with Crippen LogP contribution in [0.15, 0.2) is 24.8 Å². The van der Waals surface area contributed by atoms with Gasteiger partial charge in [-0.05, 0) is 60.7 Å². The van der Waals surface area contributed by atoms with E-state index in [9.17, 15) is 9.90 Å². The second-order valence-electron chi connectivity index (χ2n) is 8.52. The van der Waals surface area contributed by atoms with Crippen molar-refractivity contribution in [1.82, 2.24) is 0 Å². The van der Waals surface area contributed by atoms with Gasteiger partial charge in [-0.2, -0.15) is 0 Å². The van der Waals surface area contributed by atoms with Gasteiger partial charge in [0.25, 0.3) is 0 Å². The van der Waals surface area contributed by atoms with Crippen LogP contribution in [-0.4, -0.2) is 11.1 Å². The van der Waals surface area contributed by atoms with Crippen molar-refractivity contribution in [3.05, 3.63) is 24.8 Å². The molecule has 0 spiro atoms. The summed E-state index contributed by atoms with van der Waals surface area (Å²) >= 11 is 0. The second-order valence-corrected chi connectivity index (χ2v) is 8.52. The lowest BCUT2D eigenvalue weighted by molar-refractivity contribution is -0.146. The lowest BCUT2D eigenvalue weighted by Gasteiger charge is -2.58. The van der Waals surface area contributed by atoms with Gasteiger partial charge in [-0.1, -0.05) is 51.8 Å². The number of hydrogen-bond donors (Lipinski definition) is 1. The highest BCUT2D eigenvalue weighted by molar-refractivity contribution is 5.67. The molecule has 0 radical (unpaired) electrons. The summed E-state index contributed by atoms with van der Waals surface area (Å²) in [6.07, 6.45) is 15.3. The van der Waals surface area contributed by atoms with E-state index in [0.29, 0.717) is 29.6 Å². The Morgan fingerprint density at radius 3 is 2.70 bits per heavy atom. The topological polar surface area (TPSA) is 37.3 Å². The van der Waals surface area contributed by atoms with Crippen LogP contribution < -0.4 is 0 Å². The van der Waals surface area contributed by atoms with E-state index < -0.39 is 5.97 Å². The SMILES string of the molecule is C=CC(C)C=CCC1CCCC2C(C)(CC(=O)O)CCCC12C. The van der Waals surface area contributed by atoms with Crippen LogP contribution in [0.5, 0.6) is 0 Å². The van der Waals surface area contributed by atoms with Crippen molar-refractivity contribution in [3.8, 4) is 0 Å². The first-order valence-corrected chi connectivity index (χ1v) is 9.33. The van der Waals surface area contributed by atoms with Gasteiger partial charge in [0.1, 0.15) is 0 Å².